The standard InChI is InChI=1S/C29H33Cl2N3O5/c1-29(2,3)39-28(36)32-15-16-34(27(35)33-23-12-8-11-22(30)26(23)31)18-21-13-14-24(25(17-21)37-4)38-19-20-9-6-5-7-10-20/h5-14,17H,15-16,18-19H2,1-4H3,(H,32,36)(H,33,35). The molecule has 3 aromatic rings. The summed E-state index contributed by atoms with van der Waals surface area (Å²) in [6.07, 6.45) is -0.567. The van der Waals surface area contributed by atoms with Crippen molar-refractivity contribution in [2.45, 2.75) is 39.5 Å². The zero-order valence-electron chi connectivity index (χ0n) is 22.4. The summed E-state index contributed by atoms with van der Waals surface area (Å²) >= 11 is 12.4. The van der Waals surface area contributed by atoms with E-state index in [2.05, 4.69) is 10.6 Å². The fourth-order valence-corrected chi connectivity index (χ4v) is 3.89. The van der Waals surface area contributed by atoms with E-state index in [0.29, 0.717) is 28.8 Å². The number of halogens is 2. The van der Waals surface area contributed by atoms with Crippen molar-refractivity contribution in [2.75, 3.05) is 25.5 Å². The van der Waals surface area contributed by atoms with Crippen LogP contribution >= 0.6 is 23.2 Å². The number of carbonyl (C=O) groups excluding carboxylic acids is 2. The molecule has 0 aliphatic heterocycles. The predicted octanol–water partition coefficient (Wildman–Crippen LogP) is 7.14. The Balaban J connectivity index is 1.73. The van der Waals surface area contributed by atoms with Crippen molar-refractivity contribution in [1.29, 1.82) is 0 Å². The summed E-state index contributed by atoms with van der Waals surface area (Å²) in [5.74, 6) is 1.12. The monoisotopic (exact) mass is 573 g/mol. The molecule has 8 nitrogen and oxygen atoms in total. The number of hydrogen-bond donors (Lipinski definition) is 2. The molecule has 0 heterocycles. The van der Waals surface area contributed by atoms with Crippen LogP contribution in [0.15, 0.2) is 66.7 Å². The van der Waals surface area contributed by atoms with Crippen molar-refractivity contribution in [3.05, 3.63) is 87.9 Å². The van der Waals surface area contributed by atoms with Crippen molar-refractivity contribution < 1.29 is 23.8 Å². The van der Waals surface area contributed by atoms with Crippen molar-refractivity contribution in [3.8, 4) is 11.5 Å². The fraction of sp³-hybridized carbons (Fsp3) is 0.310. The summed E-state index contributed by atoms with van der Waals surface area (Å²) < 4.78 is 16.8. The van der Waals surface area contributed by atoms with Gasteiger partial charge in [0, 0.05) is 19.6 Å². The normalized spacial score (nSPS) is 10.9. The maximum atomic E-state index is 13.3. The predicted molar refractivity (Wildman–Crippen MR) is 154 cm³/mol. The van der Waals surface area contributed by atoms with Gasteiger partial charge in [-0.2, -0.15) is 0 Å². The lowest BCUT2D eigenvalue weighted by atomic mass is 10.2. The summed E-state index contributed by atoms with van der Waals surface area (Å²) in [5.41, 5.74) is 1.57. The van der Waals surface area contributed by atoms with Crippen LogP contribution in [-0.4, -0.2) is 42.8 Å². The summed E-state index contributed by atoms with van der Waals surface area (Å²) in [6.45, 7) is 6.31. The number of methoxy groups -OCH3 is 1. The number of nitrogens with one attached hydrogen (secondary N) is 2. The Bertz CT molecular complexity index is 1270. The molecule has 39 heavy (non-hydrogen) atoms. The largest absolute Gasteiger partial charge is 0.493 e. The second kappa shape index (κ2) is 14.0. The zero-order chi connectivity index (χ0) is 28.4. The molecule has 10 heteroatoms. The van der Waals surface area contributed by atoms with Crippen LogP contribution in [0.4, 0.5) is 15.3 Å². The molecule has 208 valence electrons. The molecule has 0 saturated heterocycles. The first-order valence-electron chi connectivity index (χ1n) is 12.4. The lowest BCUT2D eigenvalue weighted by Gasteiger charge is -2.25. The Hall–Kier alpha value is -3.62. The van der Waals surface area contributed by atoms with E-state index < -0.39 is 17.7 Å². The Morgan fingerprint density at radius 2 is 1.67 bits per heavy atom. The molecule has 0 atom stereocenters. The van der Waals surface area contributed by atoms with E-state index in [0.717, 1.165) is 11.1 Å². The molecule has 0 bridgehead atoms. The van der Waals surface area contributed by atoms with Crippen LogP contribution < -0.4 is 20.1 Å². The lowest BCUT2D eigenvalue weighted by Crippen LogP contribution is -2.41. The van der Waals surface area contributed by atoms with Gasteiger partial charge in [-0.15, -0.1) is 0 Å². The second-order valence-electron chi connectivity index (χ2n) is 9.64. The first kappa shape index (κ1) is 29.9. The molecule has 0 unspecified atom stereocenters. The highest BCUT2D eigenvalue weighted by Crippen LogP contribution is 2.31. The van der Waals surface area contributed by atoms with Crippen molar-refractivity contribution in [3.63, 3.8) is 0 Å². The Morgan fingerprint density at radius 3 is 2.36 bits per heavy atom. The van der Waals surface area contributed by atoms with Crippen LogP contribution in [0.1, 0.15) is 31.9 Å². The zero-order valence-corrected chi connectivity index (χ0v) is 23.9. The van der Waals surface area contributed by atoms with Gasteiger partial charge >= 0.3 is 12.1 Å². The van der Waals surface area contributed by atoms with E-state index in [1.165, 1.54) is 4.90 Å². The van der Waals surface area contributed by atoms with Crippen molar-refractivity contribution >= 4 is 41.0 Å². The van der Waals surface area contributed by atoms with Crippen molar-refractivity contribution in [2.24, 2.45) is 0 Å². The third-order valence-electron chi connectivity index (χ3n) is 5.37. The van der Waals surface area contributed by atoms with Crippen LogP contribution in [0.3, 0.4) is 0 Å². The van der Waals surface area contributed by atoms with E-state index in [1.54, 1.807) is 52.1 Å². The van der Waals surface area contributed by atoms with Crippen LogP contribution in [0.25, 0.3) is 0 Å². The van der Waals surface area contributed by atoms with Gasteiger partial charge < -0.3 is 29.7 Å². The lowest BCUT2D eigenvalue weighted by molar-refractivity contribution is 0.0523. The first-order chi connectivity index (χ1) is 18.6. The molecule has 3 aromatic carbocycles. The van der Waals surface area contributed by atoms with Crippen LogP contribution in [0.5, 0.6) is 11.5 Å². The van der Waals surface area contributed by atoms with E-state index in [1.807, 2.05) is 42.5 Å². The number of ether oxygens (including phenoxy) is 3. The highest BCUT2D eigenvalue weighted by atomic mass is 35.5. The van der Waals surface area contributed by atoms with E-state index >= 15 is 0 Å². The Labute approximate surface area is 239 Å². The SMILES string of the molecule is COc1cc(CN(CCNC(=O)OC(C)(C)C)C(=O)Nc2cccc(Cl)c2Cl)ccc1OCc1ccccc1. The van der Waals surface area contributed by atoms with Gasteiger partial charge in [-0.1, -0.05) is 65.7 Å². The summed E-state index contributed by atoms with van der Waals surface area (Å²) in [4.78, 5) is 26.9. The molecule has 0 fully saturated rings. The van der Waals surface area contributed by atoms with Gasteiger partial charge in [-0.05, 0) is 56.2 Å². The number of rotatable bonds is 10. The van der Waals surface area contributed by atoms with Gasteiger partial charge in [0.25, 0.3) is 0 Å². The molecular formula is C29H33Cl2N3O5. The number of urea groups is 1. The average Bonchev–Trinajstić information content (AvgIpc) is 2.89. The molecular weight excluding hydrogens is 541 g/mol. The number of amides is 3. The van der Waals surface area contributed by atoms with E-state index in [-0.39, 0.29) is 24.7 Å². The molecule has 3 amide bonds. The van der Waals surface area contributed by atoms with Gasteiger partial charge in [-0.3, -0.25) is 0 Å². The maximum absolute atomic E-state index is 13.3. The van der Waals surface area contributed by atoms with E-state index in [9.17, 15) is 9.59 Å². The summed E-state index contributed by atoms with van der Waals surface area (Å²) in [6, 6.07) is 19.9. The number of carbonyl (C=O) groups is 2. The van der Waals surface area contributed by atoms with Crippen LogP contribution in [0.2, 0.25) is 10.0 Å². The quantitative estimate of drug-likeness (QED) is 0.269. The Morgan fingerprint density at radius 1 is 0.923 bits per heavy atom. The molecule has 0 saturated carbocycles. The topological polar surface area (TPSA) is 89.1 Å². The van der Waals surface area contributed by atoms with E-state index in [4.69, 9.17) is 37.4 Å². The van der Waals surface area contributed by atoms with Gasteiger partial charge in [0.05, 0.1) is 22.8 Å². The number of nitrogens with zero attached hydrogens (tertiary/aromatic N) is 1. The third kappa shape index (κ3) is 9.57. The van der Waals surface area contributed by atoms with Gasteiger partial charge in [0.2, 0.25) is 0 Å². The first-order valence-corrected chi connectivity index (χ1v) is 13.1. The highest BCUT2D eigenvalue weighted by molar-refractivity contribution is 6.43. The number of alkyl carbamates (subject to hydrolysis) is 1. The van der Waals surface area contributed by atoms with Gasteiger partial charge in [-0.25, -0.2) is 9.59 Å². The van der Waals surface area contributed by atoms with Crippen molar-refractivity contribution in [1.82, 2.24) is 10.2 Å². The minimum atomic E-state index is -0.634. The minimum Gasteiger partial charge on any atom is -0.493 e. The molecule has 3 rings (SSSR count). The number of anilines is 1. The molecule has 0 radical (unpaired) electrons. The highest BCUT2D eigenvalue weighted by Gasteiger charge is 2.19. The molecule has 2 N–H and O–H groups in total. The summed E-state index contributed by atoms with van der Waals surface area (Å²) in [7, 11) is 1.56. The third-order valence-corrected chi connectivity index (χ3v) is 6.19. The van der Waals surface area contributed by atoms with Crippen LogP contribution in [0, 0.1) is 0 Å². The average molecular weight is 575 g/mol. The second-order valence-corrected chi connectivity index (χ2v) is 10.4. The van der Waals surface area contributed by atoms with Gasteiger partial charge in [0.1, 0.15) is 12.2 Å². The summed E-state index contributed by atoms with van der Waals surface area (Å²) in [5, 5.41) is 6.04. The number of hydrogen-bond acceptors (Lipinski definition) is 5. The smallest absolute Gasteiger partial charge is 0.407 e. The maximum Gasteiger partial charge on any atom is 0.407 e. The Kier molecular flexibility index (Phi) is 10.7. The van der Waals surface area contributed by atoms with Gasteiger partial charge in [0.15, 0.2) is 11.5 Å². The van der Waals surface area contributed by atoms with Crippen LogP contribution in [-0.2, 0) is 17.9 Å². The molecule has 0 aliphatic rings. The molecule has 0 aliphatic carbocycles. The fourth-order valence-electron chi connectivity index (χ4n) is 3.54. The molecule has 0 spiro atoms. The minimum absolute atomic E-state index is 0.168. The molecule has 0 aromatic heterocycles. The number of benzene rings is 3.